The summed E-state index contributed by atoms with van der Waals surface area (Å²) < 4.78 is 1.78. The van der Waals surface area contributed by atoms with Crippen LogP contribution in [0.15, 0.2) is 47.5 Å². The van der Waals surface area contributed by atoms with E-state index in [0.29, 0.717) is 12.1 Å². The van der Waals surface area contributed by atoms with Crippen LogP contribution in [-0.4, -0.2) is 14.8 Å². The molecule has 0 amide bonds. The maximum Gasteiger partial charge on any atom is 0.268 e. The lowest BCUT2D eigenvalue weighted by atomic mass is 9.96. The summed E-state index contributed by atoms with van der Waals surface area (Å²) in [6.07, 6.45) is 3.55. The molecule has 1 aromatic carbocycles. The molecule has 3 N–H and O–H groups in total. The van der Waals surface area contributed by atoms with Crippen LogP contribution >= 0.6 is 0 Å². The second-order valence-electron chi connectivity index (χ2n) is 5.12. The molecule has 0 fully saturated rings. The molecular formula is C17H12N6O. The maximum atomic E-state index is 11.9. The van der Waals surface area contributed by atoms with Gasteiger partial charge in [-0.3, -0.25) is 9.48 Å². The quantitative estimate of drug-likeness (QED) is 0.759. The Morgan fingerprint density at radius 1 is 1.17 bits per heavy atom. The van der Waals surface area contributed by atoms with E-state index in [1.165, 1.54) is 0 Å². The molecule has 3 aromatic rings. The van der Waals surface area contributed by atoms with Crippen molar-refractivity contribution >= 4 is 5.82 Å². The summed E-state index contributed by atoms with van der Waals surface area (Å²) >= 11 is 0. The minimum absolute atomic E-state index is 0.0443. The summed E-state index contributed by atoms with van der Waals surface area (Å²) in [5.41, 5.74) is 6.91. The molecule has 2 aromatic heterocycles. The third-order valence-electron chi connectivity index (χ3n) is 3.61. The number of nitrogens with one attached hydrogen (secondary N) is 1. The lowest BCUT2D eigenvalue weighted by Crippen LogP contribution is -2.16. The van der Waals surface area contributed by atoms with Gasteiger partial charge in [0.05, 0.1) is 6.54 Å². The second kappa shape index (κ2) is 6.11. The Morgan fingerprint density at radius 3 is 2.46 bits per heavy atom. The van der Waals surface area contributed by atoms with E-state index >= 15 is 0 Å². The largest absolute Gasteiger partial charge is 0.384 e. The number of hydrogen-bond donors (Lipinski definition) is 2. The molecule has 24 heavy (non-hydrogen) atoms. The molecule has 0 spiro atoms. The first kappa shape index (κ1) is 15.1. The summed E-state index contributed by atoms with van der Waals surface area (Å²) in [6.45, 7) is 0.598. The fourth-order valence-corrected chi connectivity index (χ4v) is 2.49. The molecule has 0 atom stereocenters. The average molecular weight is 316 g/mol. The van der Waals surface area contributed by atoms with Crippen LogP contribution in [0.2, 0.25) is 0 Å². The van der Waals surface area contributed by atoms with E-state index < -0.39 is 5.56 Å². The van der Waals surface area contributed by atoms with Crippen molar-refractivity contribution in [2.75, 3.05) is 5.73 Å². The Kier molecular flexibility index (Phi) is 3.84. The third kappa shape index (κ3) is 2.62. The van der Waals surface area contributed by atoms with Crippen LogP contribution in [0.5, 0.6) is 0 Å². The number of nitrogens with two attached hydrogens (primary N) is 1. The predicted molar refractivity (Wildman–Crippen MR) is 87.7 cm³/mol. The van der Waals surface area contributed by atoms with E-state index in [4.69, 9.17) is 5.73 Å². The van der Waals surface area contributed by atoms with E-state index in [1.807, 2.05) is 36.5 Å². The minimum atomic E-state index is -0.607. The minimum Gasteiger partial charge on any atom is -0.384 e. The Labute approximate surface area is 137 Å². The molecule has 0 bridgehead atoms. The lowest BCUT2D eigenvalue weighted by molar-refractivity contribution is 0.687. The third-order valence-corrected chi connectivity index (χ3v) is 3.61. The molecule has 2 heterocycles. The molecule has 0 unspecified atom stereocenters. The first-order valence-electron chi connectivity index (χ1n) is 7.06. The predicted octanol–water partition coefficient (Wildman–Crippen LogP) is 1.61. The van der Waals surface area contributed by atoms with Crippen LogP contribution in [0, 0.1) is 22.7 Å². The van der Waals surface area contributed by atoms with Gasteiger partial charge in [-0.25, -0.2) is 0 Å². The van der Waals surface area contributed by atoms with Crippen molar-refractivity contribution in [3.8, 4) is 23.3 Å². The molecule has 0 aliphatic carbocycles. The zero-order chi connectivity index (χ0) is 17.1. The second-order valence-corrected chi connectivity index (χ2v) is 5.12. The molecule has 116 valence electrons. The first-order chi connectivity index (χ1) is 11.6. The summed E-state index contributed by atoms with van der Waals surface area (Å²) in [7, 11) is 0. The van der Waals surface area contributed by atoms with Crippen molar-refractivity contribution in [1.29, 1.82) is 10.5 Å². The number of benzene rings is 1. The van der Waals surface area contributed by atoms with Crippen LogP contribution in [0.25, 0.3) is 11.1 Å². The number of H-pyrrole nitrogens is 1. The smallest absolute Gasteiger partial charge is 0.268 e. The number of aromatic nitrogens is 3. The molecule has 0 radical (unpaired) electrons. The normalized spacial score (nSPS) is 10.1. The van der Waals surface area contributed by atoms with Gasteiger partial charge in [0.15, 0.2) is 0 Å². The molecule has 3 rings (SSSR count). The number of nitriles is 2. The van der Waals surface area contributed by atoms with Crippen molar-refractivity contribution in [3.05, 3.63) is 69.8 Å². The molecule has 0 aliphatic rings. The molecule has 7 heteroatoms. The van der Waals surface area contributed by atoms with Crippen molar-refractivity contribution < 1.29 is 0 Å². The summed E-state index contributed by atoms with van der Waals surface area (Å²) in [5, 5.41) is 22.7. The molecule has 0 aliphatic heterocycles. The van der Waals surface area contributed by atoms with E-state index in [2.05, 4.69) is 10.1 Å². The molecular weight excluding hydrogens is 304 g/mol. The van der Waals surface area contributed by atoms with Gasteiger partial charge in [0.25, 0.3) is 5.56 Å². The molecule has 0 saturated carbocycles. The fraction of sp³-hybridized carbons (Fsp3) is 0.0588. The summed E-state index contributed by atoms with van der Waals surface area (Å²) in [4.78, 5) is 14.3. The molecule has 0 saturated heterocycles. The standard InChI is InChI=1S/C17H12N6O/c18-8-13-15(14(9-19)17(24)22-16(13)20)12-4-2-11(3-5-12)10-23-7-1-6-21-23/h1-7H,10H2,(H3,20,22,24). The van der Waals surface area contributed by atoms with Gasteiger partial charge in [0.2, 0.25) is 0 Å². The Bertz CT molecular complexity index is 1020. The van der Waals surface area contributed by atoms with Gasteiger partial charge >= 0.3 is 0 Å². The highest BCUT2D eigenvalue weighted by atomic mass is 16.1. The van der Waals surface area contributed by atoms with Gasteiger partial charge in [-0.15, -0.1) is 0 Å². The van der Waals surface area contributed by atoms with E-state index in [-0.39, 0.29) is 22.5 Å². The molecule has 7 nitrogen and oxygen atoms in total. The average Bonchev–Trinajstić information content (AvgIpc) is 3.08. The van der Waals surface area contributed by atoms with Crippen LogP contribution < -0.4 is 11.3 Å². The summed E-state index contributed by atoms with van der Waals surface area (Å²) in [5.74, 6) is -0.0443. The van der Waals surface area contributed by atoms with Gasteiger partial charge in [-0.1, -0.05) is 24.3 Å². The lowest BCUT2D eigenvalue weighted by Gasteiger charge is -2.09. The monoisotopic (exact) mass is 316 g/mol. The van der Waals surface area contributed by atoms with Crippen molar-refractivity contribution in [2.45, 2.75) is 6.54 Å². The van der Waals surface area contributed by atoms with E-state index in [1.54, 1.807) is 23.0 Å². The van der Waals surface area contributed by atoms with Gasteiger partial charge in [-0.2, -0.15) is 15.6 Å². The van der Waals surface area contributed by atoms with Gasteiger partial charge < -0.3 is 10.7 Å². The van der Waals surface area contributed by atoms with Crippen molar-refractivity contribution in [2.24, 2.45) is 0 Å². The number of aromatic amines is 1. The van der Waals surface area contributed by atoms with Gasteiger partial charge in [-0.05, 0) is 17.2 Å². The number of nitrogen functional groups attached to an aromatic ring is 1. The van der Waals surface area contributed by atoms with Crippen LogP contribution in [0.4, 0.5) is 5.82 Å². The van der Waals surface area contributed by atoms with E-state index in [0.717, 1.165) is 5.56 Å². The SMILES string of the molecule is N#Cc1c(N)[nH]c(=O)c(C#N)c1-c1ccc(Cn2cccn2)cc1. The first-order valence-corrected chi connectivity index (χ1v) is 7.06. The zero-order valence-electron chi connectivity index (χ0n) is 12.5. The van der Waals surface area contributed by atoms with Crippen LogP contribution in [-0.2, 0) is 6.54 Å². The number of nitrogens with zero attached hydrogens (tertiary/aromatic N) is 4. The zero-order valence-corrected chi connectivity index (χ0v) is 12.5. The highest BCUT2D eigenvalue weighted by Crippen LogP contribution is 2.28. The van der Waals surface area contributed by atoms with Gasteiger partial charge in [0.1, 0.15) is 29.1 Å². The van der Waals surface area contributed by atoms with Crippen LogP contribution in [0.1, 0.15) is 16.7 Å². The number of pyridine rings is 1. The fourth-order valence-electron chi connectivity index (χ4n) is 2.49. The maximum absolute atomic E-state index is 11.9. The highest BCUT2D eigenvalue weighted by Gasteiger charge is 2.17. The highest BCUT2D eigenvalue weighted by molar-refractivity contribution is 5.80. The van der Waals surface area contributed by atoms with Gasteiger partial charge in [0, 0.05) is 18.0 Å². The Hall–Kier alpha value is -3.84. The Balaban J connectivity index is 2.08. The summed E-state index contributed by atoms with van der Waals surface area (Å²) in [6, 6.07) is 12.9. The van der Waals surface area contributed by atoms with Crippen molar-refractivity contribution in [3.63, 3.8) is 0 Å². The number of hydrogen-bond acceptors (Lipinski definition) is 5. The number of rotatable bonds is 3. The van der Waals surface area contributed by atoms with E-state index in [9.17, 15) is 15.3 Å². The van der Waals surface area contributed by atoms with Crippen molar-refractivity contribution in [1.82, 2.24) is 14.8 Å². The number of anilines is 1. The topological polar surface area (TPSA) is 124 Å². The van der Waals surface area contributed by atoms with Crippen LogP contribution in [0.3, 0.4) is 0 Å². The Morgan fingerprint density at radius 2 is 1.88 bits per heavy atom.